The molecule has 0 saturated carbocycles. The van der Waals surface area contributed by atoms with Crippen molar-refractivity contribution in [3.05, 3.63) is 170 Å². The molecule has 586 valence electrons. The number of hydrogen-bond donors (Lipinski definition) is 0. The SMILES string of the molecule is CC/C=C\C/C=C\C/C=C\C/C=C\C/C=C\C/C=C\C/C=C\C/C=C\C/C=C\CCCCCCCCCCCC(=O)OC(COC(=O)CCCCCCCCCCCCCCCCCCCCCCCCCCC/C=C\C/C=C\C/C=C\C/C=C\C/C=C\CC)COC(OCC[N+](C)(C)C)C(=O)[O-]. The summed E-state index contributed by atoms with van der Waals surface area (Å²) in [5.41, 5.74) is 0. The van der Waals surface area contributed by atoms with Gasteiger partial charge in [0, 0.05) is 12.8 Å². The zero-order valence-electron chi connectivity index (χ0n) is 67.1. The van der Waals surface area contributed by atoms with Crippen molar-refractivity contribution in [1.29, 1.82) is 0 Å². The Hall–Kier alpha value is -5.35. The Labute approximate surface area is 635 Å². The van der Waals surface area contributed by atoms with Crippen LogP contribution in [0.25, 0.3) is 0 Å². The number of rotatable bonds is 77. The van der Waals surface area contributed by atoms with E-state index in [0.29, 0.717) is 17.4 Å². The lowest BCUT2D eigenvalue weighted by Gasteiger charge is -2.26. The fraction of sp³-hybridized carbons (Fsp3) is 0.670. The molecule has 2 atom stereocenters. The van der Waals surface area contributed by atoms with Gasteiger partial charge in [0.1, 0.15) is 13.2 Å². The molecule has 0 aromatic heterocycles. The van der Waals surface area contributed by atoms with Crippen molar-refractivity contribution in [2.75, 3.05) is 47.5 Å². The molecule has 0 aromatic rings. The smallest absolute Gasteiger partial charge is 0.306 e. The molecule has 0 aliphatic rings. The first-order valence-electron chi connectivity index (χ1n) is 42.3. The van der Waals surface area contributed by atoms with E-state index < -0.39 is 24.3 Å². The first-order chi connectivity index (χ1) is 50.6. The van der Waals surface area contributed by atoms with E-state index in [0.717, 1.165) is 135 Å². The van der Waals surface area contributed by atoms with Crippen LogP contribution in [0.4, 0.5) is 0 Å². The fourth-order valence-corrected chi connectivity index (χ4v) is 11.6. The molecule has 0 amide bonds. The van der Waals surface area contributed by atoms with Crippen molar-refractivity contribution in [2.24, 2.45) is 0 Å². The average molecular weight is 1430 g/mol. The van der Waals surface area contributed by atoms with Crippen LogP contribution in [0, 0.1) is 0 Å². The number of unbranched alkanes of at least 4 members (excludes halogenated alkanes) is 34. The van der Waals surface area contributed by atoms with Gasteiger partial charge in [0.15, 0.2) is 12.4 Å². The lowest BCUT2D eigenvalue weighted by molar-refractivity contribution is -0.870. The highest BCUT2D eigenvalue weighted by molar-refractivity contribution is 5.70. The molecule has 0 N–H and O–H groups in total. The van der Waals surface area contributed by atoms with E-state index in [1.54, 1.807) is 0 Å². The summed E-state index contributed by atoms with van der Waals surface area (Å²) >= 11 is 0. The van der Waals surface area contributed by atoms with E-state index in [9.17, 15) is 19.5 Å². The minimum Gasteiger partial charge on any atom is -0.545 e. The first kappa shape index (κ1) is 97.7. The maximum absolute atomic E-state index is 13.0. The summed E-state index contributed by atoms with van der Waals surface area (Å²) in [5.74, 6) is -2.29. The number of carboxylic acid groups (broad SMARTS) is 1. The van der Waals surface area contributed by atoms with Crippen LogP contribution >= 0.6 is 0 Å². The van der Waals surface area contributed by atoms with Crippen LogP contribution in [-0.4, -0.2) is 82.3 Å². The normalized spacial score (nSPS) is 13.5. The van der Waals surface area contributed by atoms with Crippen molar-refractivity contribution in [3.63, 3.8) is 0 Å². The number of ether oxygens (including phenoxy) is 4. The van der Waals surface area contributed by atoms with Crippen molar-refractivity contribution >= 4 is 17.9 Å². The third kappa shape index (κ3) is 83.8. The minimum absolute atomic E-state index is 0.141. The molecule has 103 heavy (non-hydrogen) atoms. The summed E-state index contributed by atoms with van der Waals surface area (Å²) in [6, 6.07) is 0. The van der Waals surface area contributed by atoms with Crippen LogP contribution < -0.4 is 5.11 Å². The highest BCUT2D eigenvalue weighted by atomic mass is 16.7. The number of esters is 2. The Morgan fingerprint density at radius 3 is 0.777 bits per heavy atom. The van der Waals surface area contributed by atoms with Crippen molar-refractivity contribution in [3.8, 4) is 0 Å². The van der Waals surface area contributed by atoms with E-state index >= 15 is 0 Å². The molecule has 9 heteroatoms. The highest BCUT2D eigenvalue weighted by Gasteiger charge is 2.22. The molecule has 0 saturated heterocycles. The largest absolute Gasteiger partial charge is 0.545 e. The summed E-state index contributed by atoms with van der Waals surface area (Å²) in [6.45, 7) is 4.53. The quantitative estimate of drug-likeness (QED) is 0.0195. The van der Waals surface area contributed by atoms with E-state index in [4.69, 9.17) is 18.9 Å². The van der Waals surface area contributed by atoms with Crippen molar-refractivity contribution in [1.82, 2.24) is 0 Å². The number of allylic oxidation sites excluding steroid dienone is 28. The summed E-state index contributed by atoms with van der Waals surface area (Å²) in [6.07, 6.45) is 121. The Balaban J connectivity index is 4.03. The van der Waals surface area contributed by atoms with Crippen molar-refractivity contribution < 1.29 is 42.9 Å². The highest BCUT2D eigenvalue weighted by Crippen LogP contribution is 2.18. The van der Waals surface area contributed by atoms with E-state index in [2.05, 4.69) is 184 Å². The molecule has 2 unspecified atom stereocenters. The maximum atomic E-state index is 13.0. The van der Waals surface area contributed by atoms with Gasteiger partial charge >= 0.3 is 11.9 Å². The summed E-state index contributed by atoms with van der Waals surface area (Å²) < 4.78 is 22.9. The number of carbonyl (C=O) groups is 3. The topological polar surface area (TPSA) is 111 Å². The number of aliphatic carboxylic acids is 1. The van der Waals surface area contributed by atoms with Gasteiger partial charge in [0.25, 0.3) is 0 Å². The summed E-state index contributed by atoms with van der Waals surface area (Å²) in [4.78, 5) is 37.7. The third-order valence-electron chi connectivity index (χ3n) is 18.0. The number of likely N-dealkylation sites (N-methyl/N-ethyl adjacent to an activating group) is 1. The first-order valence-corrected chi connectivity index (χ1v) is 42.3. The van der Waals surface area contributed by atoms with Crippen LogP contribution in [0.2, 0.25) is 0 Å². The number of carboxylic acids is 1. The number of quaternary nitrogens is 1. The second-order valence-electron chi connectivity index (χ2n) is 29.0. The Kier molecular flexibility index (Phi) is 78.0. The Morgan fingerprint density at radius 2 is 0.524 bits per heavy atom. The summed E-state index contributed by atoms with van der Waals surface area (Å²) in [5, 5.41) is 11.9. The summed E-state index contributed by atoms with van der Waals surface area (Å²) in [7, 11) is 5.93. The van der Waals surface area contributed by atoms with Crippen LogP contribution in [0.1, 0.15) is 348 Å². The molecule has 0 rings (SSSR count). The average Bonchev–Trinajstić information content (AvgIpc) is 1.16. The molecular weight excluding hydrogens is 1270 g/mol. The van der Waals surface area contributed by atoms with E-state index in [1.807, 2.05) is 21.1 Å². The molecule has 0 fully saturated rings. The van der Waals surface area contributed by atoms with E-state index in [-0.39, 0.29) is 38.6 Å². The molecule has 0 radical (unpaired) electrons. The predicted octanol–water partition coefficient (Wildman–Crippen LogP) is 26.4. The lowest BCUT2D eigenvalue weighted by Crippen LogP contribution is -2.44. The second kappa shape index (κ2) is 82.3. The van der Waals surface area contributed by atoms with Gasteiger partial charge in [0.05, 0.1) is 40.3 Å². The number of hydrogen-bond acceptors (Lipinski definition) is 8. The van der Waals surface area contributed by atoms with Gasteiger partial charge in [-0.15, -0.1) is 0 Å². The lowest BCUT2D eigenvalue weighted by atomic mass is 10.0. The Bertz CT molecular complexity index is 2310. The van der Waals surface area contributed by atoms with E-state index in [1.165, 1.54) is 180 Å². The molecule has 9 nitrogen and oxygen atoms in total. The molecule has 0 bridgehead atoms. The fourth-order valence-electron chi connectivity index (χ4n) is 11.6. The zero-order valence-corrected chi connectivity index (χ0v) is 67.1. The molecule has 0 heterocycles. The minimum atomic E-state index is -1.63. The monoisotopic (exact) mass is 1430 g/mol. The molecular formula is C94H157NO8. The molecule has 0 spiro atoms. The van der Waals surface area contributed by atoms with Gasteiger partial charge < -0.3 is 33.3 Å². The van der Waals surface area contributed by atoms with Crippen LogP contribution in [0.3, 0.4) is 0 Å². The van der Waals surface area contributed by atoms with Gasteiger partial charge in [-0.2, -0.15) is 0 Å². The van der Waals surface area contributed by atoms with Crippen LogP contribution in [0.15, 0.2) is 170 Å². The van der Waals surface area contributed by atoms with Gasteiger partial charge in [-0.05, 0) is 128 Å². The van der Waals surface area contributed by atoms with Gasteiger partial charge in [-0.25, -0.2) is 0 Å². The second-order valence-corrected chi connectivity index (χ2v) is 29.0. The zero-order chi connectivity index (χ0) is 74.6. The Morgan fingerprint density at radius 1 is 0.291 bits per heavy atom. The van der Waals surface area contributed by atoms with Gasteiger partial charge in [-0.3, -0.25) is 9.59 Å². The maximum Gasteiger partial charge on any atom is 0.306 e. The molecule has 0 aliphatic carbocycles. The number of carbonyl (C=O) groups excluding carboxylic acids is 3. The van der Waals surface area contributed by atoms with Crippen molar-refractivity contribution in [2.45, 2.75) is 360 Å². The molecule has 0 aromatic carbocycles. The van der Waals surface area contributed by atoms with Crippen LogP contribution in [-0.2, 0) is 33.3 Å². The standard InChI is InChI=1S/C94H157NO8/c1-6-8-10-12-14-16-18-20-22-24-26-28-30-32-34-36-38-40-42-44-45-46-47-49-50-52-54-56-58-60-62-64-66-68-70-72-74-76-78-80-82-84-91(96)101-88-90(89-102-94(93(98)99)100-87-86-95(3,4)5)103-92(97)85-83-81-79-77-75-73-71-69-67-65-63-61-59-57-55-53-51-48-43-41-39-37-35-33-31-29-27-25-23-21-19-17-15-13-11-9-7-2/h8-11,14-17,20-23,26-29,32-35,39,41,48,51,55,57,61,63,90,94H,6-7,12-13,18-19,24-25,30-31,36-38,40,42-47,49-50,52-54,56,58-60,62,64-89H2,1-5H3/b10-8-,11-9-,16-14-,17-15-,22-20-,23-21-,28-26-,29-27-,34-32-,35-33-,41-39-,51-48-,57-55-,63-61-. The third-order valence-corrected chi connectivity index (χ3v) is 18.0. The predicted molar refractivity (Wildman–Crippen MR) is 444 cm³/mol. The van der Waals surface area contributed by atoms with Crippen LogP contribution in [0.5, 0.6) is 0 Å². The van der Waals surface area contributed by atoms with Gasteiger partial charge in [0.2, 0.25) is 0 Å². The molecule has 0 aliphatic heterocycles. The van der Waals surface area contributed by atoms with Gasteiger partial charge in [-0.1, -0.05) is 377 Å². The number of nitrogens with zero attached hydrogens (tertiary/aromatic N) is 1.